The normalized spacial score (nSPS) is 15.5. The van der Waals surface area contributed by atoms with Crippen LogP contribution in [0.1, 0.15) is 41.5 Å². The maximum absolute atomic E-state index is 12.9. The Morgan fingerprint density at radius 2 is 1.77 bits per heavy atom. The first-order chi connectivity index (χ1) is 17.1. The van der Waals surface area contributed by atoms with Gasteiger partial charge in [0.25, 0.3) is 0 Å². The highest BCUT2D eigenvalue weighted by molar-refractivity contribution is 5.98. The van der Waals surface area contributed by atoms with Gasteiger partial charge in [-0.2, -0.15) is 5.26 Å². The van der Waals surface area contributed by atoms with Crippen LogP contribution in [0.2, 0.25) is 0 Å². The Labute approximate surface area is 205 Å². The number of para-hydroxylation sites is 1. The number of carbonyl (C=O) groups excluding carboxylic acids is 1. The van der Waals surface area contributed by atoms with E-state index in [2.05, 4.69) is 59.0 Å². The molecule has 1 heterocycles. The molecule has 4 aromatic rings. The number of aromatic amines is 1. The Balaban J connectivity index is 1.49. The number of hydrogen-bond acceptors (Lipinski definition) is 3. The number of nitriles is 1. The fourth-order valence-electron chi connectivity index (χ4n) is 5.00. The number of allylic oxidation sites excluding steroid dienone is 3. The van der Waals surface area contributed by atoms with Crippen LogP contribution in [0.4, 0.5) is 0 Å². The standard InChI is InChI=1S/C31H27N3O/c1-21(35)31-28(24-13-11-22(19-32)12-14-24)17-26(23-7-3-2-4-8-23)18-30(31)33-16-15-25-20-34-29-10-6-5-9-27(25)29/h2-14,18,20,28,33-34H,15-17H2,1H3. The van der Waals surface area contributed by atoms with Crippen molar-refractivity contribution >= 4 is 22.3 Å². The molecule has 0 fully saturated rings. The van der Waals surface area contributed by atoms with E-state index in [9.17, 15) is 10.1 Å². The zero-order chi connectivity index (χ0) is 24.2. The molecule has 4 nitrogen and oxygen atoms in total. The average Bonchev–Trinajstić information content (AvgIpc) is 3.31. The summed E-state index contributed by atoms with van der Waals surface area (Å²) in [4.78, 5) is 16.3. The van der Waals surface area contributed by atoms with Crippen LogP contribution >= 0.6 is 0 Å². The number of ketones is 1. The van der Waals surface area contributed by atoms with Crippen LogP contribution in [0, 0.1) is 11.3 Å². The van der Waals surface area contributed by atoms with Gasteiger partial charge in [-0.05, 0) is 66.3 Å². The Kier molecular flexibility index (Phi) is 6.32. The molecule has 0 bridgehead atoms. The number of nitrogens with zero attached hydrogens (tertiary/aromatic N) is 1. The highest BCUT2D eigenvalue weighted by Crippen LogP contribution is 2.40. The van der Waals surface area contributed by atoms with Crippen molar-refractivity contribution in [2.24, 2.45) is 0 Å². The van der Waals surface area contributed by atoms with E-state index in [0.717, 1.165) is 40.8 Å². The van der Waals surface area contributed by atoms with Gasteiger partial charge in [-0.15, -0.1) is 0 Å². The third kappa shape index (κ3) is 4.67. The molecule has 0 spiro atoms. The summed E-state index contributed by atoms with van der Waals surface area (Å²) in [5.41, 5.74) is 8.09. The molecule has 3 aromatic carbocycles. The monoisotopic (exact) mass is 457 g/mol. The second-order valence-corrected chi connectivity index (χ2v) is 8.95. The molecule has 1 aliphatic carbocycles. The van der Waals surface area contributed by atoms with Gasteiger partial charge in [-0.25, -0.2) is 0 Å². The molecule has 0 aliphatic heterocycles. The lowest BCUT2D eigenvalue weighted by Gasteiger charge is -2.29. The maximum Gasteiger partial charge on any atom is 0.158 e. The summed E-state index contributed by atoms with van der Waals surface area (Å²) in [5.74, 6) is -0.00615. The minimum absolute atomic E-state index is 0.0670. The average molecular weight is 458 g/mol. The lowest BCUT2D eigenvalue weighted by molar-refractivity contribution is -0.113. The highest BCUT2D eigenvalue weighted by Gasteiger charge is 2.29. The van der Waals surface area contributed by atoms with Crippen molar-refractivity contribution in [2.45, 2.75) is 25.7 Å². The van der Waals surface area contributed by atoms with E-state index in [1.165, 1.54) is 16.5 Å². The summed E-state index contributed by atoms with van der Waals surface area (Å²) in [7, 11) is 0. The zero-order valence-corrected chi connectivity index (χ0v) is 19.7. The quantitative estimate of drug-likeness (QED) is 0.343. The number of hydrogen-bond donors (Lipinski definition) is 2. The van der Waals surface area contributed by atoms with E-state index in [0.29, 0.717) is 12.1 Å². The maximum atomic E-state index is 12.9. The Hall–Kier alpha value is -4.36. The topological polar surface area (TPSA) is 68.7 Å². The van der Waals surface area contributed by atoms with Crippen LogP contribution in [0.25, 0.3) is 16.5 Å². The van der Waals surface area contributed by atoms with Gasteiger partial charge in [0.2, 0.25) is 0 Å². The fourth-order valence-corrected chi connectivity index (χ4v) is 5.00. The van der Waals surface area contributed by atoms with Gasteiger partial charge in [0.15, 0.2) is 5.78 Å². The lowest BCUT2D eigenvalue weighted by atomic mass is 9.77. The summed E-state index contributed by atoms with van der Waals surface area (Å²) >= 11 is 0. The third-order valence-electron chi connectivity index (χ3n) is 6.73. The first kappa shape index (κ1) is 22.4. The summed E-state index contributed by atoms with van der Waals surface area (Å²) < 4.78 is 0. The number of rotatable bonds is 7. The molecule has 35 heavy (non-hydrogen) atoms. The van der Waals surface area contributed by atoms with Crippen molar-refractivity contribution in [2.75, 3.05) is 6.54 Å². The fraction of sp³-hybridized carbons (Fsp3) is 0.161. The minimum Gasteiger partial charge on any atom is -0.384 e. The van der Waals surface area contributed by atoms with Gasteiger partial charge >= 0.3 is 0 Å². The molecular formula is C31H27N3O. The summed E-state index contributed by atoms with van der Waals surface area (Å²) in [5, 5.41) is 14.0. The van der Waals surface area contributed by atoms with Crippen molar-refractivity contribution in [1.82, 2.24) is 10.3 Å². The van der Waals surface area contributed by atoms with Crippen molar-refractivity contribution in [3.05, 3.63) is 125 Å². The van der Waals surface area contributed by atoms with Gasteiger partial charge in [-0.3, -0.25) is 4.79 Å². The first-order valence-electron chi connectivity index (χ1n) is 11.9. The molecule has 1 unspecified atom stereocenters. The van der Waals surface area contributed by atoms with Gasteiger partial charge in [-0.1, -0.05) is 60.7 Å². The van der Waals surface area contributed by atoms with Gasteiger partial charge < -0.3 is 10.3 Å². The molecule has 0 radical (unpaired) electrons. The predicted molar refractivity (Wildman–Crippen MR) is 141 cm³/mol. The van der Waals surface area contributed by atoms with Crippen LogP contribution in [0.15, 0.2) is 102 Å². The summed E-state index contributed by atoms with van der Waals surface area (Å²) in [6.45, 7) is 2.36. The number of benzene rings is 3. The molecule has 5 rings (SSSR count). The van der Waals surface area contributed by atoms with Crippen molar-refractivity contribution in [3.8, 4) is 6.07 Å². The van der Waals surface area contributed by atoms with E-state index in [1.54, 1.807) is 6.92 Å². The molecular weight excluding hydrogens is 430 g/mol. The minimum atomic E-state index is -0.0731. The van der Waals surface area contributed by atoms with Gasteiger partial charge in [0, 0.05) is 40.8 Å². The molecule has 0 saturated carbocycles. The SMILES string of the molecule is CC(=O)C1=C(NCCc2c[nH]c3ccccc23)C=C(c2ccccc2)CC1c1ccc(C#N)cc1. The highest BCUT2D eigenvalue weighted by atomic mass is 16.1. The van der Waals surface area contributed by atoms with Crippen molar-refractivity contribution in [1.29, 1.82) is 5.26 Å². The van der Waals surface area contributed by atoms with Crippen molar-refractivity contribution < 1.29 is 4.79 Å². The van der Waals surface area contributed by atoms with E-state index in [1.807, 2.05) is 48.5 Å². The van der Waals surface area contributed by atoms with Gasteiger partial charge in [0.1, 0.15) is 0 Å². The van der Waals surface area contributed by atoms with Crippen LogP contribution in [-0.4, -0.2) is 17.3 Å². The van der Waals surface area contributed by atoms with Gasteiger partial charge in [0.05, 0.1) is 11.6 Å². The molecule has 0 amide bonds. The second-order valence-electron chi connectivity index (χ2n) is 8.95. The molecule has 2 N–H and O–H groups in total. The number of nitrogens with one attached hydrogen (secondary N) is 2. The Morgan fingerprint density at radius 3 is 2.51 bits per heavy atom. The van der Waals surface area contributed by atoms with E-state index in [-0.39, 0.29) is 11.7 Å². The van der Waals surface area contributed by atoms with Crippen LogP contribution < -0.4 is 5.32 Å². The van der Waals surface area contributed by atoms with Crippen molar-refractivity contribution in [3.63, 3.8) is 0 Å². The zero-order valence-electron chi connectivity index (χ0n) is 19.7. The number of Topliss-reactive ketones (excluding diaryl/α,β-unsaturated/α-hetero) is 1. The van der Waals surface area contributed by atoms with Crippen LogP contribution in [-0.2, 0) is 11.2 Å². The smallest absolute Gasteiger partial charge is 0.158 e. The third-order valence-corrected chi connectivity index (χ3v) is 6.73. The van der Waals surface area contributed by atoms with E-state index >= 15 is 0 Å². The van der Waals surface area contributed by atoms with E-state index < -0.39 is 0 Å². The molecule has 0 saturated heterocycles. The molecule has 4 heteroatoms. The Bertz CT molecular complexity index is 1470. The predicted octanol–water partition coefficient (Wildman–Crippen LogP) is 6.29. The summed E-state index contributed by atoms with van der Waals surface area (Å²) in [6.07, 6.45) is 5.78. The Morgan fingerprint density at radius 1 is 1.03 bits per heavy atom. The second kappa shape index (κ2) is 9.87. The molecule has 172 valence electrons. The summed E-state index contributed by atoms with van der Waals surface area (Å²) in [6, 6.07) is 28.4. The first-order valence-corrected chi connectivity index (χ1v) is 11.9. The molecule has 1 aromatic heterocycles. The molecule has 1 atom stereocenters. The van der Waals surface area contributed by atoms with Crippen LogP contribution in [0.3, 0.4) is 0 Å². The number of aromatic nitrogens is 1. The largest absolute Gasteiger partial charge is 0.384 e. The van der Waals surface area contributed by atoms with Crippen LogP contribution in [0.5, 0.6) is 0 Å². The number of carbonyl (C=O) groups is 1. The van der Waals surface area contributed by atoms with E-state index in [4.69, 9.17) is 0 Å². The number of H-pyrrole nitrogens is 1. The number of fused-ring (bicyclic) bond motifs is 1. The molecule has 1 aliphatic rings. The lowest BCUT2D eigenvalue weighted by Crippen LogP contribution is -2.25.